The smallest absolute Gasteiger partial charge is 0.160 e. The van der Waals surface area contributed by atoms with E-state index in [2.05, 4.69) is 25.8 Å². The molecule has 5 rings (SSSR count). The summed E-state index contributed by atoms with van der Waals surface area (Å²) in [5, 5.41) is 21.7. The summed E-state index contributed by atoms with van der Waals surface area (Å²) in [5.74, 6) is 1.54. The monoisotopic (exact) mass is 399 g/mol. The number of hydrogen-bond acceptors (Lipinski definition) is 6. The van der Waals surface area contributed by atoms with Crippen molar-refractivity contribution in [1.82, 2.24) is 39.5 Å². The first kappa shape index (κ1) is 18.0. The van der Waals surface area contributed by atoms with Crippen LogP contribution < -0.4 is 5.32 Å². The number of rotatable bonds is 4. The van der Waals surface area contributed by atoms with Gasteiger partial charge in [-0.2, -0.15) is 10.2 Å². The lowest BCUT2D eigenvalue weighted by atomic mass is 10.1. The molecule has 4 heterocycles. The van der Waals surface area contributed by atoms with Gasteiger partial charge in [-0.15, -0.1) is 5.10 Å². The molecule has 0 aliphatic rings. The fourth-order valence-electron chi connectivity index (χ4n) is 3.67. The van der Waals surface area contributed by atoms with Crippen LogP contribution in [0.25, 0.3) is 33.5 Å². The van der Waals surface area contributed by atoms with Gasteiger partial charge < -0.3 is 5.32 Å². The maximum absolute atomic E-state index is 4.78. The molecule has 0 atom stereocenters. The van der Waals surface area contributed by atoms with Gasteiger partial charge in [-0.25, -0.2) is 9.67 Å². The summed E-state index contributed by atoms with van der Waals surface area (Å²) in [6.45, 7) is 1.95. The van der Waals surface area contributed by atoms with Gasteiger partial charge in [0.1, 0.15) is 11.6 Å². The SMILES string of the molecule is Cc1nnn(C)c1-c1cc(Nc2cc(-c3ccccc3)nn2C)nc2c1cnn2C. The Bertz CT molecular complexity index is 1340. The average Bonchev–Trinajstić information content (AvgIpc) is 3.40. The maximum Gasteiger partial charge on any atom is 0.160 e. The lowest BCUT2D eigenvalue weighted by Crippen LogP contribution is -2.03. The number of aromatic nitrogens is 8. The van der Waals surface area contributed by atoms with Gasteiger partial charge in [-0.3, -0.25) is 9.36 Å². The zero-order valence-electron chi connectivity index (χ0n) is 17.2. The first-order chi connectivity index (χ1) is 14.5. The molecular formula is C21H21N9. The molecule has 0 spiro atoms. The molecule has 1 N–H and O–H groups in total. The topological polar surface area (TPSA) is 91.3 Å². The Morgan fingerprint density at radius 1 is 0.933 bits per heavy atom. The number of fused-ring (bicyclic) bond motifs is 1. The third-order valence-electron chi connectivity index (χ3n) is 5.16. The van der Waals surface area contributed by atoms with Crippen LogP contribution in [0.5, 0.6) is 0 Å². The van der Waals surface area contributed by atoms with Crippen LogP contribution in [0.2, 0.25) is 0 Å². The number of aryl methyl sites for hydroxylation is 4. The fraction of sp³-hybridized carbons (Fsp3) is 0.190. The van der Waals surface area contributed by atoms with Crippen LogP contribution >= 0.6 is 0 Å². The van der Waals surface area contributed by atoms with Crippen molar-refractivity contribution in [3.05, 3.63) is 54.4 Å². The highest BCUT2D eigenvalue weighted by Crippen LogP contribution is 2.32. The molecule has 4 aromatic heterocycles. The fourth-order valence-corrected chi connectivity index (χ4v) is 3.67. The standard InChI is InChI=1S/C21H21N9/c1-13-20(29(3)27-25-13)15-10-18(24-21-16(15)12-22-30(21)4)23-19-11-17(26-28(19)2)14-8-6-5-7-9-14/h5-12H,1-4H3,(H,23,24). The highest BCUT2D eigenvalue weighted by Gasteiger charge is 2.18. The number of pyridine rings is 1. The van der Waals surface area contributed by atoms with Crippen molar-refractivity contribution in [2.75, 3.05) is 5.32 Å². The highest BCUT2D eigenvalue weighted by atomic mass is 15.4. The largest absolute Gasteiger partial charge is 0.325 e. The molecular weight excluding hydrogens is 378 g/mol. The Kier molecular flexibility index (Phi) is 4.09. The van der Waals surface area contributed by atoms with Crippen molar-refractivity contribution in [2.24, 2.45) is 21.1 Å². The van der Waals surface area contributed by atoms with Gasteiger partial charge in [0.2, 0.25) is 0 Å². The van der Waals surface area contributed by atoms with Crippen LogP contribution in [-0.4, -0.2) is 39.5 Å². The van der Waals surface area contributed by atoms with Crippen LogP contribution in [-0.2, 0) is 21.1 Å². The second-order valence-electron chi connectivity index (χ2n) is 7.24. The summed E-state index contributed by atoms with van der Waals surface area (Å²) >= 11 is 0. The highest BCUT2D eigenvalue weighted by molar-refractivity contribution is 5.94. The van der Waals surface area contributed by atoms with Gasteiger partial charge in [0, 0.05) is 43.7 Å². The van der Waals surface area contributed by atoms with E-state index < -0.39 is 0 Å². The molecule has 9 nitrogen and oxygen atoms in total. The lowest BCUT2D eigenvalue weighted by molar-refractivity contribution is 0.720. The number of nitrogens with zero attached hydrogens (tertiary/aromatic N) is 8. The average molecular weight is 399 g/mol. The molecule has 9 heteroatoms. The van der Waals surface area contributed by atoms with E-state index in [1.807, 2.05) is 81.4 Å². The minimum absolute atomic E-state index is 0.698. The van der Waals surface area contributed by atoms with Gasteiger partial charge in [0.05, 0.1) is 23.3 Å². The van der Waals surface area contributed by atoms with Gasteiger partial charge in [0.15, 0.2) is 5.65 Å². The van der Waals surface area contributed by atoms with E-state index in [9.17, 15) is 0 Å². The second kappa shape index (κ2) is 6.80. The Balaban J connectivity index is 1.61. The van der Waals surface area contributed by atoms with Gasteiger partial charge >= 0.3 is 0 Å². The zero-order chi connectivity index (χ0) is 20.8. The maximum atomic E-state index is 4.78. The van der Waals surface area contributed by atoms with Crippen LogP contribution in [0.15, 0.2) is 48.7 Å². The van der Waals surface area contributed by atoms with E-state index in [4.69, 9.17) is 4.98 Å². The van der Waals surface area contributed by atoms with E-state index in [1.54, 1.807) is 9.36 Å². The molecule has 0 unspecified atom stereocenters. The number of anilines is 2. The van der Waals surface area contributed by atoms with E-state index in [0.717, 1.165) is 45.1 Å². The zero-order valence-corrected chi connectivity index (χ0v) is 17.2. The van der Waals surface area contributed by atoms with E-state index in [1.165, 1.54) is 0 Å². The van der Waals surface area contributed by atoms with Gasteiger partial charge in [-0.05, 0) is 13.0 Å². The van der Waals surface area contributed by atoms with Gasteiger partial charge in [0.25, 0.3) is 0 Å². The van der Waals surface area contributed by atoms with E-state index >= 15 is 0 Å². The molecule has 5 aromatic rings. The molecule has 0 saturated heterocycles. The Labute approximate surface area is 173 Å². The molecule has 0 radical (unpaired) electrons. The third kappa shape index (κ3) is 2.91. The summed E-state index contributed by atoms with van der Waals surface area (Å²) < 4.78 is 5.36. The van der Waals surface area contributed by atoms with Crippen molar-refractivity contribution in [2.45, 2.75) is 6.92 Å². The summed E-state index contributed by atoms with van der Waals surface area (Å²) in [7, 11) is 5.68. The van der Waals surface area contributed by atoms with Crippen LogP contribution in [0.1, 0.15) is 5.69 Å². The van der Waals surface area contributed by atoms with Crippen LogP contribution in [0.3, 0.4) is 0 Å². The van der Waals surface area contributed by atoms with Crippen molar-refractivity contribution in [3.8, 4) is 22.5 Å². The predicted octanol–water partition coefficient (Wildman–Crippen LogP) is 3.22. The van der Waals surface area contributed by atoms with E-state index in [-0.39, 0.29) is 0 Å². The van der Waals surface area contributed by atoms with Crippen molar-refractivity contribution in [3.63, 3.8) is 0 Å². The third-order valence-corrected chi connectivity index (χ3v) is 5.16. The predicted molar refractivity (Wildman–Crippen MR) is 115 cm³/mol. The molecule has 0 amide bonds. The second-order valence-corrected chi connectivity index (χ2v) is 7.24. The first-order valence-electron chi connectivity index (χ1n) is 9.57. The molecule has 0 fully saturated rings. The molecule has 0 bridgehead atoms. The molecule has 0 saturated carbocycles. The summed E-state index contributed by atoms with van der Waals surface area (Å²) in [5.41, 5.74) is 5.51. The van der Waals surface area contributed by atoms with E-state index in [0.29, 0.717) is 5.82 Å². The molecule has 30 heavy (non-hydrogen) atoms. The number of nitrogens with one attached hydrogen (secondary N) is 1. The minimum Gasteiger partial charge on any atom is -0.325 e. The minimum atomic E-state index is 0.698. The van der Waals surface area contributed by atoms with Crippen molar-refractivity contribution >= 4 is 22.7 Å². The van der Waals surface area contributed by atoms with Crippen LogP contribution in [0.4, 0.5) is 11.6 Å². The quantitative estimate of drug-likeness (QED) is 0.499. The first-order valence-corrected chi connectivity index (χ1v) is 9.57. The Morgan fingerprint density at radius 2 is 1.73 bits per heavy atom. The number of benzene rings is 1. The van der Waals surface area contributed by atoms with Crippen molar-refractivity contribution in [1.29, 1.82) is 0 Å². The van der Waals surface area contributed by atoms with Crippen molar-refractivity contribution < 1.29 is 0 Å². The lowest BCUT2D eigenvalue weighted by Gasteiger charge is -2.10. The normalized spacial score (nSPS) is 11.3. The van der Waals surface area contributed by atoms with Gasteiger partial charge in [-0.1, -0.05) is 35.5 Å². The molecule has 150 valence electrons. The molecule has 1 aromatic carbocycles. The summed E-state index contributed by atoms with van der Waals surface area (Å²) in [4.78, 5) is 4.78. The molecule has 0 aliphatic heterocycles. The molecule has 0 aliphatic carbocycles. The summed E-state index contributed by atoms with van der Waals surface area (Å²) in [6.07, 6.45) is 1.82. The Hall–Kier alpha value is -4.01. The Morgan fingerprint density at radius 3 is 2.47 bits per heavy atom. The van der Waals surface area contributed by atoms with Crippen LogP contribution in [0, 0.1) is 6.92 Å². The summed E-state index contributed by atoms with van der Waals surface area (Å²) in [6, 6.07) is 14.1. The number of hydrogen-bond donors (Lipinski definition) is 1.